The number of carbonyl (C=O) groups excluding carboxylic acids is 1. The molecule has 2 nitrogen and oxygen atoms in total. The molecule has 4 heteroatoms. The molecular formula is C16H22ClNOS. The van der Waals surface area contributed by atoms with E-state index < -0.39 is 0 Å². The monoisotopic (exact) mass is 311 g/mol. The second-order valence-electron chi connectivity index (χ2n) is 5.43. The second kappa shape index (κ2) is 8.58. The zero-order chi connectivity index (χ0) is 14.2. The van der Waals surface area contributed by atoms with Gasteiger partial charge in [-0.25, -0.2) is 0 Å². The number of amides is 1. The summed E-state index contributed by atoms with van der Waals surface area (Å²) in [5.74, 6) is 2.21. The molecule has 0 saturated heterocycles. The fraction of sp³-hybridized carbons (Fsp3) is 0.562. The Morgan fingerprint density at radius 1 is 1.30 bits per heavy atom. The Labute approximate surface area is 130 Å². The van der Waals surface area contributed by atoms with Crippen LogP contribution in [0, 0.1) is 5.92 Å². The van der Waals surface area contributed by atoms with Gasteiger partial charge in [-0.05, 0) is 36.5 Å². The van der Waals surface area contributed by atoms with E-state index in [1.54, 1.807) is 11.8 Å². The molecule has 0 spiro atoms. The molecule has 0 aromatic heterocycles. The number of hydrogen-bond donors (Lipinski definition) is 1. The van der Waals surface area contributed by atoms with E-state index in [-0.39, 0.29) is 5.91 Å². The van der Waals surface area contributed by atoms with E-state index in [0.717, 1.165) is 17.3 Å². The van der Waals surface area contributed by atoms with Gasteiger partial charge in [0.2, 0.25) is 5.91 Å². The molecule has 0 heterocycles. The van der Waals surface area contributed by atoms with Gasteiger partial charge in [0, 0.05) is 17.3 Å². The Bertz CT molecular complexity index is 432. The largest absolute Gasteiger partial charge is 0.355 e. The SMILES string of the molecule is O=C(CSCc1cccc(Cl)c1)NCC1CCCCC1. The highest BCUT2D eigenvalue weighted by molar-refractivity contribution is 7.99. The molecule has 1 N–H and O–H groups in total. The third-order valence-corrected chi connectivity index (χ3v) is 4.94. The molecule has 0 radical (unpaired) electrons. The maximum absolute atomic E-state index is 11.8. The number of thioether (sulfide) groups is 1. The minimum atomic E-state index is 0.155. The lowest BCUT2D eigenvalue weighted by Gasteiger charge is -2.21. The number of halogens is 1. The van der Waals surface area contributed by atoms with Crippen LogP contribution >= 0.6 is 23.4 Å². The van der Waals surface area contributed by atoms with Crippen molar-refractivity contribution in [1.82, 2.24) is 5.32 Å². The zero-order valence-electron chi connectivity index (χ0n) is 11.7. The summed E-state index contributed by atoms with van der Waals surface area (Å²) < 4.78 is 0. The Hall–Kier alpha value is -0.670. The lowest BCUT2D eigenvalue weighted by atomic mass is 9.89. The van der Waals surface area contributed by atoms with Crippen molar-refractivity contribution in [2.24, 2.45) is 5.92 Å². The minimum absolute atomic E-state index is 0.155. The molecule has 1 aromatic rings. The van der Waals surface area contributed by atoms with Gasteiger partial charge in [0.1, 0.15) is 0 Å². The number of nitrogens with one attached hydrogen (secondary N) is 1. The van der Waals surface area contributed by atoms with Gasteiger partial charge >= 0.3 is 0 Å². The van der Waals surface area contributed by atoms with E-state index in [2.05, 4.69) is 5.32 Å². The highest BCUT2D eigenvalue weighted by atomic mass is 35.5. The van der Waals surface area contributed by atoms with Crippen LogP contribution in [0.5, 0.6) is 0 Å². The lowest BCUT2D eigenvalue weighted by Crippen LogP contribution is -2.31. The van der Waals surface area contributed by atoms with Gasteiger partial charge in [-0.15, -0.1) is 11.8 Å². The van der Waals surface area contributed by atoms with E-state index in [9.17, 15) is 4.79 Å². The molecule has 2 rings (SSSR count). The number of hydrogen-bond acceptors (Lipinski definition) is 2. The maximum Gasteiger partial charge on any atom is 0.230 e. The van der Waals surface area contributed by atoms with E-state index in [0.29, 0.717) is 11.7 Å². The first-order valence-corrected chi connectivity index (χ1v) is 8.86. The van der Waals surface area contributed by atoms with Crippen LogP contribution in [0.4, 0.5) is 0 Å². The van der Waals surface area contributed by atoms with Crippen molar-refractivity contribution in [2.45, 2.75) is 37.9 Å². The standard InChI is InChI=1S/C16H22ClNOS/c17-15-8-4-7-14(9-15)11-20-12-16(19)18-10-13-5-2-1-3-6-13/h4,7-9,13H,1-3,5-6,10-12H2,(H,18,19). The van der Waals surface area contributed by atoms with Crippen molar-refractivity contribution in [3.05, 3.63) is 34.9 Å². The molecule has 1 aromatic carbocycles. The van der Waals surface area contributed by atoms with E-state index in [1.165, 1.54) is 37.7 Å². The van der Waals surface area contributed by atoms with Crippen LogP contribution in [0.1, 0.15) is 37.7 Å². The molecule has 0 unspecified atom stereocenters. The summed E-state index contributed by atoms with van der Waals surface area (Å²) in [4.78, 5) is 11.8. The summed E-state index contributed by atoms with van der Waals surface area (Å²) in [7, 11) is 0. The molecule has 0 aliphatic heterocycles. The van der Waals surface area contributed by atoms with Crippen molar-refractivity contribution in [1.29, 1.82) is 0 Å². The van der Waals surface area contributed by atoms with Gasteiger partial charge in [-0.2, -0.15) is 0 Å². The first kappa shape index (κ1) is 15.7. The third kappa shape index (κ3) is 5.76. The van der Waals surface area contributed by atoms with Crippen molar-refractivity contribution < 1.29 is 4.79 Å². The Balaban J connectivity index is 1.60. The first-order chi connectivity index (χ1) is 9.74. The molecule has 1 saturated carbocycles. The van der Waals surface area contributed by atoms with Gasteiger partial charge in [0.15, 0.2) is 0 Å². The average molecular weight is 312 g/mol. The molecule has 110 valence electrons. The van der Waals surface area contributed by atoms with Crippen LogP contribution in [-0.4, -0.2) is 18.2 Å². The predicted molar refractivity (Wildman–Crippen MR) is 87.2 cm³/mol. The summed E-state index contributed by atoms with van der Waals surface area (Å²) in [6.45, 7) is 0.858. The van der Waals surface area contributed by atoms with Gasteiger partial charge in [0.05, 0.1) is 5.75 Å². The Morgan fingerprint density at radius 2 is 2.10 bits per heavy atom. The van der Waals surface area contributed by atoms with Gasteiger partial charge in [-0.1, -0.05) is 43.0 Å². The van der Waals surface area contributed by atoms with E-state index in [1.807, 2.05) is 24.3 Å². The summed E-state index contributed by atoms with van der Waals surface area (Å²) in [6, 6.07) is 7.81. The van der Waals surface area contributed by atoms with Crippen LogP contribution in [0.15, 0.2) is 24.3 Å². The third-order valence-electron chi connectivity index (χ3n) is 3.70. The summed E-state index contributed by atoms with van der Waals surface area (Å²) in [5.41, 5.74) is 1.17. The van der Waals surface area contributed by atoms with Crippen LogP contribution in [0.2, 0.25) is 5.02 Å². The highest BCUT2D eigenvalue weighted by Gasteiger charge is 2.14. The van der Waals surface area contributed by atoms with Crippen molar-refractivity contribution >= 4 is 29.3 Å². The number of carbonyl (C=O) groups is 1. The molecular weight excluding hydrogens is 290 g/mol. The summed E-state index contributed by atoms with van der Waals surface area (Å²) >= 11 is 7.57. The zero-order valence-corrected chi connectivity index (χ0v) is 13.3. The molecule has 20 heavy (non-hydrogen) atoms. The quantitative estimate of drug-likeness (QED) is 0.850. The van der Waals surface area contributed by atoms with Gasteiger partial charge in [-0.3, -0.25) is 4.79 Å². The fourth-order valence-corrected chi connectivity index (χ4v) is 3.61. The minimum Gasteiger partial charge on any atom is -0.355 e. The highest BCUT2D eigenvalue weighted by Crippen LogP contribution is 2.22. The topological polar surface area (TPSA) is 29.1 Å². The lowest BCUT2D eigenvalue weighted by molar-refractivity contribution is -0.118. The molecule has 1 amide bonds. The number of rotatable bonds is 6. The Kier molecular flexibility index (Phi) is 6.74. The molecule has 0 atom stereocenters. The predicted octanol–water partition coefficient (Wildman–Crippen LogP) is 4.27. The average Bonchev–Trinajstić information content (AvgIpc) is 2.46. The van der Waals surface area contributed by atoms with E-state index >= 15 is 0 Å². The van der Waals surface area contributed by atoms with Crippen molar-refractivity contribution in [3.8, 4) is 0 Å². The smallest absolute Gasteiger partial charge is 0.230 e. The Morgan fingerprint density at radius 3 is 2.85 bits per heavy atom. The van der Waals surface area contributed by atoms with Crippen LogP contribution < -0.4 is 5.32 Å². The number of benzene rings is 1. The molecule has 1 aliphatic rings. The molecule has 1 aliphatic carbocycles. The molecule has 1 fully saturated rings. The normalized spacial score (nSPS) is 16.1. The van der Waals surface area contributed by atoms with Crippen LogP contribution in [0.3, 0.4) is 0 Å². The van der Waals surface area contributed by atoms with Gasteiger partial charge < -0.3 is 5.32 Å². The summed E-state index contributed by atoms with van der Waals surface area (Å²) in [5, 5.41) is 3.82. The fourth-order valence-electron chi connectivity index (χ4n) is 2.59. The van der Waals surface area contributed by atoms with Crippen LogP contribution in [0.25, 0.3) is 0 Å². The maximum atomic E-state index is 11.8. The first-order valence-electron chi connectivity index (χ1n) is 7.33. The van der Waals surface area contributed by atoms with Crippen LogP contribution in [-0.2, 0) is 10.5 Å². The van der Waals surface area contributed by atoms with Crippen molar-refractivity contribution in [2.75, 3.05) is 12.3 Å². The second-order valence-corrected chi connectivity index (χ2v) is 6.85. The van der Waals surface area contributed by atoms with Gasteiger partial charge in [0.25, 0.3) is 0 Å². The molecule has 0 bridgehead atoms. The summed E-state index contributed by atoms with van der Waals surface area (Å²) in [6.07, 6.45) is 6.56. The van der Waals surface area contributed by atoms with E-state index in [4.69, 9.17) is 11.6 Å². The van der Waals surface area contributed by atoms with Crippen molar-refractivity contribution in [3.63, 3.8) is 0 Å².